The first kappa shape index (κ1) is 17.3. The minimum Gasteiger partial charge on any atom is -0.378 e. The molecule has 25 heavy (non-hydrogen) atoms. The van der Waals surface area contributed by atoms with Gasteiger partial charge in [-0.2, -0.15) is 14.6 Å². The molecule has 0 spiro atoms. The molecular weight excluding hydrogens is 321 g/mol. The summed E-state index contributed by atoms with van der Waals surface area (Å²) >= 11 is 0. The van der Waals surface area contributed by atoms with E-state index < -0.39 is 0 Å². The summed E-state index contributed by atoms with van der Waals surface area (Å²) in [5, 5.41) is 7.77. The number of aromatic nitrogens is 4. The van der Waals surface area contributed by atoms with Crippen molar-refractivity contribution in [3.8, 4) is 0 Å². The number of rotatable bonds is 5. The Morgan fingerprint density at radius 3 is 2.60 bits per heavy atom. The van der Waals surface area contributed by atoms with Crippen molar-refractivity contribution >= 4 is 11.6 Å². The predicted octanol–water partition coefficient (Wildman–Crippen LogP) is 3.61. The van der Waals surface area contributed by atoms with E-state index in [1.807, 2.05) is 6.07 Å². The summed E-state index contributed by atoms with van der Waals surface area (Å²) in [7, 11) is 1.62. The highest BCUT2D eigenvalue weighted by Crippen LogP contribution is 2.36. The number of ether oxygens (including phenoxy) is 1. The third-order valence-corrected chi connectivity index (χ3v) is 3.96. The highest BCUT2D eigenvalue weighted by Gasteiger charge is 2.27. The van der Waals surface area contributed by atoms with Crippen molar-refractivity contribution in [1.82, 2.24) is 19.6 Å². The number of benzene rings is 1. The molecule has 3 aromatic rings. The van der Waals surface area contributed by atoms with E-state index in [4.69, 9.17) is 4.74 Å². The quantitative estimate of drug-likeness (QED) is 0.767. The molecule has 1 atom stereocenters. The lowest BCUT2D eigenvalue weighted by Gasteiger charge is -2.33. The number of fused-ring (bicyclic) bond motifs is 1. The van der Waals surface area contributed by atoms with Crippen LogP contribution in [-0.4, -0.2) is 26.7 Å². The third-order valence-electron chi connectivity index (χ3n) is 3.96. The van der Waals surface area contributed by atoms with Crippen LogP contribution >= 0.6 is 0 Å². The molecule has 7 heteroatoms. The smallest absolute Gasteiger partial charge is 0.254 e. The Morgan fingerprint density at radius 2 is 1.96 bits per heavy atom. The van der Waals surface area contributed by atoms with Crippen LogP contribution in [0.3, 0.4) is 0 Å². The molecule has 0 aliphatic rings. The van der Waals surface area contributed by atoms with Gasteiger partial charge < -0.3 is 10.1 Å². The zero-order chi connectivity index (χ0) is 18.0. The summed E-state index contributed by atoms with van der Waals surface area (Å²) in [5.74, 6) is 1.02. The topological polar surface area (TPSA) is 64.3 Å². The molecule has 1 N–H and O–H groups in total. The van der Waals surface area contributed by atoms with Crippen LogP contribution < -0.4 is 5.32 Å². The van der Waals surface area contributed by atoms with Gasteiger partial charge in [0.1, 0.15) is 18.0 Å². The SMILES string of the molecule is COCc1cc(NC(c2ccc(F)cc2)C(C)(C)C)n2ncnc2n1. The fraction of sp³-hybridized carbons (Fsp3) is 0.389. The van der Waals surface area contributed by atoms with Gasteiger partial charge in [-0.15, -0.1) is 0 Å². The second kappa shape index (κ2) is 6.76. The molecule has 0 saturated heterocycles. The summed E-state index contributed by atoms with van der Waals surface area (Å²) in [4.78, 5) is 8.59. The lowest BCUT2D eigenvalue weighted by molar-refractivity contribution is 0.181. The molecule has 1 unspecified atom stereocenters. The van der Waals surface area contributed by atoms with Crippen molar-refractivity contribution in [1.29, 1.82) is 0 Å². The van der Waals surface area contributed by atoms with E-state index in [-0.39, 0.29) is 17.3 Å². The molecule has 0 aliphatic heterocycles. The summed E-state index contributed by atoms with van der Waals surface area (Å²) in [6.45, 7) is 6.77. The normalized spacial score (nSPS) is 13.2. The summed E-state index contributed by atoms with van der Waals surface area (Å²) in [6.07, 6.45) is 1.47. The number of anilines is 1. The van der Waals surface area contributed by atoms with Gasteiger partial charge in [0, 0.05) is 13.2 Å². The molecule has 0 fully saturated rings. The van der Waals surface area contributed by atoms with Gasteiger partial charge in [-0.3, -0.25) is 0 Å². The molecule has 1 aromatic carbocycles. The molecule has 6 nitrogen and oxygen atoms in total. The minimum absolute atomic E-state index is 0.0571. The molecule has 132 valence electrons. The zero-order valence-corrected chi connectivity index (χ0v) is 14.8. The van der Waals surface area contributed by atoms with Gasteiger partial charge in [0.25, 0.3) is 5.78 Å². The van der Waals surface area contributed by atoms with E-state index in [9.17, 15) is 4.39 Å². The van der Waals surface area contributed by atoms with Crippen LogP contribution in [0.5, 0.6) is 0 Å². The predicted molar refractivity (Wildman–Crippen MR) is 93.7 cm³/mol. The monoisotopic (exact) mass is 343 g/mol. The maximum Gasteiger partial charge on any atom is 0.254 e. The van der Waals surface area contributed by atoms with Gasteiger partial charge in [0.05, 0.1) is 18.3 Å². The standard InChI is InChI=1S/C18H22FN5O/c1-18(2,3)16(12-5-7-13(19)8-6-12)23-15-9-14(10-25-4)22-17-20-11-21-24(15)17/h5-9,11,16,23H,10H2,1-4H3. The first-order valence-corrected chi connectivity index (χ1v) is 8.09. The average Bonchev–Trinajstić information content (AvgIpc) is 3.01. The highest BCUT2D eigenvalue weighted by atomic mass is 19.1. The summed E-state index contributed by atoms with van der Waals surface area (Å²) < 4.78 is 20.2. The first-order valence-electron chi connectivity index (χ1n) is 8.09. The molecule has 0 bridgehead atoms. The number of hydrogen-bond donors (Lipinski definition) is 1. The molecular formula is C18H22FN5O. The second-order valence-electron chi connectivity index (χ2n) is 7.03. The molecule has 0 amide bonds. The Balaban J connectivity index is 2.03. The van der Waals surface area contributed by atoms with Crippen LogP contribution in [0.2, 0.25) is 0 Å². The van der Waals surface area contributed by atoms with Gasteiger partial charge >= 0.3 is 0 Å². The van der Waals surface area contributed by atoms with Crippen molar-refractivity contribution < 1.29 is 9.13 Å². The van der Waals surface area contributed by atoms with E-state index >= 15 is 0 Å². The largest absolute Gasteiger partial charge is 0.378 e. The highest BCUT2D eigenvalue weighted by molar-refractivity contribution is 5.47. The van der Waals surface area contributed by atoms with E-state index in [0.29, 0.717) is 12.4 Å². The first-order chi connectivity index (χ1) is 11.9. The van der Waals surface area contributed by atoms with Crippen molar-refractivity contribution in [3.63, 3.8) is 0 Å². The number of methoxy groups -OCH3 is 1. The molecule has 3 rings (SSSR count). The summed E-state index contributed by atoms with van der Waals surface area (Å²) in [5.41, 5.74) is 1.64. The van der Waals surface area contributed by atoms with Gasteiger partial charge in [0.2, 0.25) is 0 Å². The Labute approximate surface area is 146 Å². The Bertz CT molecular complexity index is 854. The van der Waals surface area contributed by atoms with Crippen molar-refractivity contribution in [2.45, 2.75) is 33.4 Å². The number of halogens is 1. The van der Waals surface area contributed by atoms with E-state index in [1.165, 1.54) is 18.5 Å². The van der Waals surface area contributed by atoms with Gasteiger partial charge in [-0.05, 0) is 23.1 Å². The van der Waals surface area contributed by atoms with Crippen LogP contribution in [0.4, 0.5) is 10.2 Å². The molecule has 2 heterocycles. The van der Waals surface area contributed by atoms with Crippen LogP contribution in [-0.2, 0) is 11.3 Å². The molecule has 0 radical (unpaired) electrons. The van der Waals surface area contributed by atoms with E-state index in [1.54, 1.807) is 23.8 Å². The maximum atomic E-state index is 13.3. The Morgan fingerprint density at radius 1 is 1.24 bits per heavy atom. The van der Waals surface area contributed by atoms with Crippen molar-refractivity contribution in [2.24, 2.45) is 5.41 Å². The minimum atomic E-state index is -0.249. The van der Waals surface area contributed by atoms with E-state index in [2.05, 4.69) is 41.2 Å². The fourth-order valence-electron chi connectivity index (χ4n) is 2.79. The molecule has 0 saturated carbocycles. The van der Waals surface area contributed by atoms with Crippen LogP contribution in [0, 0.1) is 11.2 Å². The lowest BCUT2D eigenvalue weighted by atomic mass is 9.82. The number of nitrogens with zero attached hydrogens (tertiary/aromatic N) is 4. The molecule has 0 aliphatic carbocycles. The third kappa shape index (κ3) is 3.76. The van der Waals surface area contributed by atoms with Gasteiger partial charge in [-0.1, -0.05) is 32.9 Å². The number of nitrogens with one attached hydrogen (secondary N) is 1. The van der Waals surface area contributed by atoms with Crippen molar-refractivity contribution in [3.05, 3.63) is 53.7 Å². The van der Waals surface area contributed by atoms with Crippen molar-refractivity contribution in [2.75, 3.05) is 12.4 Å². The number of hydrogen-bond acceptors (Lipinski definition) is 5. The average molecular weight is 343 g/mol. The van der Waals surface area contributed by atoms with Crippen LogP contribution in [0.25, 0.3) is 5.78 Å². The Kier molecular flexibility index (Phi) is 4.67. The van der Waals surface area contributed by atoms with Crippen LogP contribution in [0.1, 0.15) is 38.1 Å². The maximum absolute atomic E-state index is 13.3. The lowest BCUT2D eigenvalue weighted by Crippen LogP contribution is -2.27. The van der Waals surface area contributed by atoms with Crippen LogP contribution in [0.15, 0.2) is 36.7 Å². The van der Waals surface area contributed by atoms with Gasteiger partial charge in [0.15, 0.2) is 0 Å². The fourth-order valence-corrected chi connectivity index (χ4v) is 2.79. The zero-order valence-electron chi connectivity index (χ0n) is 14.8. The van der Waals surface area contributed by atoms with E-state index in [0.717, 1.165) is 17.1 Å². The Hall–Kier alpha value is -2.54. The van der Waals surface area contributed by atoms with Gasteiger partial charge in [-0.25, -0.2) is 9.37 Å². The second-order valence-corrected chi connectivity index (χ2v) is 7.03. The molecule has 2 aromatic heterocycles. The summed E-state index contributed by atoms with van der Waals surface area (Å²) in [6, 6.07) is 8.39.